The lowest BCUT2D eigenvalue weighted by Crippen LogP contribution is -2.40. The normalized spacial score (nSPS) is 26.8. The number of aryl methyl sites for hydroxylation is 1. The van der Waals surface area contributed by atoms with Gasteiger partial charge in [-0.25, -0.2) is 0 Å². The summed E-state index contributed by atoms with van der Waals surface area (Å²) in [4.78, 5) is 0. The molecule has 0 bridgehead atoms. The van der Waals surface area contributed by atoms with Gasteiger partial charge in [0, 0.05) is 12.6 Å². The Morgan fingerprint density at radius 3 is 2.58 bits per heavy atom. The Kier molecular flexibility index (Phi) is 3.21. The van der Waals surface area contributed by atoms with Crippen LogP contribution in [-0.4, -0.2) is 6.54 Å². The van der Waals surface area contributed by atoms with Gasteiger partial charge in [-0.2, -0.15) is 0 Å². The van der Waals surface area contributed by atoms with Crippen LogP contribution in [0.5, 0.6) is 0 Å². The number of hydrogen-bond acceptors (Lipinski definition) is 1. The van der Waals surface area contributed by atoms with E-state index in [1.54, 1.807) is 11.1 Å². The summed E-state index contributed by atoms with van der Waals surface area (Å²) >= 11 is 0. The highest BCUT2D eigenvalue weighted by atomic mass is 15.0. The van der Waals surface area contributed by atoms with Crippen LogP contribution in [0.25, 0.3) is 0 Å². The zero-order valence-corrected chi connectivity index (χ0v) is 12.6. The summed E-state index contributed by atoms with van der Waals surface area (Å²) in [5.74, 6) is 0. The maximum Gasteiger partial charge on any atom is 0.0374 e. The predicted molar refractivity (Wildman–Crippen MR) is 81.2 cm³/mol. The molecule has 0 aliphatic heterocycles. The summed E-state index contributed by atoms with van der Waals surface area (Å²) in [6, 6.07) is 9.55. The Bertz CT molecular complexity index is 457. The first-order valence-corrected chi connectivity index (χ1v) is 7.88. The van der Waals surface area contributed by atoms with Crippen molar-refractivity contribution in [2.75, 3.05) is 6.54 Å². The van der Waals surface area contributed by atoms with Crippen LogP contribution in [0.1, 0.15) is 63.6 Å². The van der Waals surface area contributed by atoms with Crippen LogP contribution in [0.2, 0.25) is 0 Å². The van der Waals surface area contributed by atoms with Gasteiger partial charge in [-0.15, -0.1) is 0 Å². The topological polar surface area (TPSA) is 12.0 Å². The summed E-state index contributed by atoms with van der Waals surface area (Å²) in [6.07, 6.45) is 6.70. The van der Waals surface area contributed by atoms with Crippen molar-refractivity contribution in [1.29, 1.82) is 0 Å². The molecule has 1 N–H and O–H groups in total. The molecule has 2 aliphatic carbocycles. The molecule has 0 amide bonds. The highest BCUT2D eigenvalue weighted by Crippen LogP contribution is 2.50. The maximum absolute atomic E-state index is 3.92. The van der Waals surface area contributed by atoms with Gasteiger partial charge in [0.25, 0.3) is 0 Å². The first-order chi connectivity index (χ1) is 9.06. The van der Waals surface area contributed by atoms with Gasteiger partial charge in [-0.05, 0) is 54.1 Å². The second-order valence-electron chi connectivity index (χ2n) is 7.35. The van der Waals surface area contributed by atoms with Crippen LogP contribution in [0.3, 0.4) is 0 Å². The SMILES string of the molecule is CCC1(CNC2c3ccccc3CCC2(C)C)CC1. The van der Waals surface area contributed by atoms with E-state index in [1.807, 2.05) is 0 Å². The van der Waals surface area contributed by atoms with Gasteiger partial charge >= 0.3 is 0 Å². The number of hydrogen-bond donors (Lipinski definition) is 1. The monoisotopic (exact) mass is 257 g/mol. The minimum Gasteiger partial charge on any atom is -0.309 e. The molecule has 0 spiro atoms. The lowest BCUT2D eigenvalue weighted by molar-refractivity contribution is 0.198. The van der Waals surface area contributed by atoms with Crippen LogP contribution in [0, 0.1) is 10.8 Å². The van der Waals surface area contributed by atoms with Gasteiger partial charge in [-0.3, -0.25) is 0 Å². The van der Waals surface area contributed by atoms with Crippen molar-refractivity contribution < 1.29 is 0 Å². The third kappa shape index (κ3) is 2.45. The molecule has 1 nitrogen and oxygen atoms in total. The molecule has 1 aromatic rings. The number of rotatable bonds is 4. The molecule has 0 heterocycles. The van der Waals surface area contributed by atoms with Crippen LogP contribution < -0.4 is 5.32 Å². The van der Waals surface area contributed by atoms with Crippen molar-refractivity contribution in [3.63, 3.8) is 0 Å². The minimum atomic E-state index is 0.373. The van der Waals surface area contributed by atoms with E-state index >= 15 is 0 Å². The Morgan fingerprint density at radius 1 is 1.16 bits per heavy atom. The number of fused-ring (bicyclic) bond motifs is 1. The zero-order chi connectivity index (χ0) is 13.5. The van der Waals surface area contributed by atoms with Crippen LogP contribution in [0.4, 0.5) is 0 Å². The summed E-state index contributed by atoms with van der Waals surface area (Å²) in [6.45, 7) is 8.39. The minimum absolute atomic E-state index is 0.373. The molecule has 1 unspecified atom stereocenters. The highest BCUT2D eigenvalue weighted by Gasteiger charge is 2.43. The van der Waals surface area contributed by atoms with Crippen molar-refractivity contribution in [3.05, 3.63) is 35.4 Å². The fourth-order valence-corrected chi connectivity index (χ4v) is 3.60. The summed E-state index contributed by atoms with van der Waals surface area (Å²) in [7, 11) is 0. The Labute approximate surface area is 117 Å². The molecule has 0 aromatic heterocycles. The van der Waals surface area contributed by atoms with Crippen LogP contribution >= 0.6 is 0 Å². The zero-order valence-electron chi connectivity index (χ0n) is 12.6. The Hall–Kier alpha value is -0.820. The van der Waals surface area contributed by atoms with E-state index in [-0.39, 0.29) is 0 Å². The first-order valence-electron chi connectivity index (χ1n) is 7.88. The van der Waals surface area contributed by atoms with Crippen LogP contribution in [-0.2, 0) is 6.42 Å². The predicted octanol–water partition coefficient (Wildman–Crippen LogP) is 4.48. The molecule has 104 valence electrons. The van der Waals surface area contributed by atoms with E-state index in [0.717, 1.165) is 0 Å². The van der Waals surface area contributed by atoms with Gasteiger partial charge < -0.3 is 5.32 Å². The van der Waals surface area contributed by atoms with Crippen molar-refractivity contribution in [2.24, 2.45) is 10.8 Å². The molecule has 19 heavy (non-hydrogen) atoms. The molecule has 1 aromatic carbocycles. The number of benzene rings is 1. The fraction of sp³-hybridized carbons (Fsp3) is 0.667. The fourth-order valence-electron chi connectivity index (χ4n) is 3.60. The molecule has 1 heteroatoms. The molecule has 0 saturated heterocycles. The quantitative estimate of drug-likeness (QED) is 0.838. The van der Waals surface area contributed by atoms with E-state index in [1.165, 1.54) is 38.6 Å². The third-order valence-corrected chi connectivity index (χ3v) is 5.57. The second-order valence-corrected chi connectivity index (χ2v) is 7.35. The second kappa shape index (κ2) is 4.63. The molecule has 1 atom stereocenters. The van der Waals surface area contributed by atoms with Crippen LogP contribution in [0.15, 0.2) is 24.3 Å². The molecular formula is C18H27N. The van der Waals surface area contributed by atoms with Gasteiger partial charge in [0.1, 0.15) is 0 Å². The van der Waals surface area contributed by atoms with E-state index in [2.05, 4.69) is 50.4 Å². The largest absolute Gasteiger partial charge is 0.309 e. The van der Waals surface area contributed by atoms with E-state index in [4.69, 9.17) is 0 Å². The van der Waals surface area contributed by atoms with Crippen molar-refractivity contribution in [2.45, 2.75) is 58.9 Å². The Balaban J connectivity index is 1.81. The van der Waals surface area contributed by atoms with E-state index in [9.17, 15) is 0 Å². The van der Waals surface area contributed by atoms with Gasteiger partial charge in [0.2, 0.25) is 0 Å². The summed E-state index contributed by atoms with van der Waals surface area (Å²) in [5, 5.41) is 3.92. The molecule has 3 rings (SSSR count). The van der Waals surface area contributed by atoms with Gasteiger partial charge in [0.15, 0.2) is 0 Å². The standard InChI is InChI=1S/C18H27N/c1-4-18(11-12-18)13-19-16-15-8-6-5-7-14(15)9-10-17(16,2)3/h5-8,16,19H,4,9-13H2,1-3H3. The molecule has 2 aliphatic rings. The highest BCUT2D eigenvalue weighted by molar-refractivity contribution is 5.34. The van der Waals surface area contributed by atoms with Gasteiger partial charge in [-0.1, -0.05) is 45.0 Å². The van der Waals surface area contributed by atoms with E-state index < -0.39 is 0 Å². The lowest BCUT2D eigenvalue weighted by Gasteiger charge is -2.41. The maximum atomic E-state index is 3.92. The average molecular weight is 257 g/mol. The average Bonchev–Trinajstić information content (AvgIpc) is 3.18. The number of nitrogens with one attached hydrogen (secondary N) is 1. The molecule has 1 saturated carbocycles. The molecule has 0 radical (unpaired) electrons. The van der Waals surface area contributed by atoms with Crippen molar-refractivity contribution in [3.8, 4) is 0 Å². The molecular weight excluding hydrogens is 230 g/mol. The van der Waals surface area contributed by atoms with Crippen molar-refractivity contribution in [1.82, 2.24) is 5.32 Å². The lowest BCUT2D eigenvalue weighted by atomic mass is 9.70. The third-order valence-electron chi connectivity index (χ3n) is 5.57. The summed E-state index contributed by atoms with van der Waals surface area (Å²) in [5.41, 5.74) is 4.10. The van der Waals surface area contributed by atoms with E-state index in [0.29, 0.717) is 16.9 Å². The van der Waals surface area contributed by atoms with Crippen molar-refractivity contribution >= 4 is 0 Å². The first kappa shape index (κ1) is 13.2. The molecule has 1 fully saturated rings. The Morgan fingerprint density at radius 2 is 1.89 bits per heavy atom. The van der Waals surface area contributed by atoms with Gasteiger partial charge in [0.05, 0.1) is 0 Å². The summed E-state index contributed by atoms with van der Waals surface area (Å²) < 4.78 is 0. The smallest absolute Gasteiger partial charge is 0.0374 e.